The molecule has 1 fully saturated rings. The highest BCUT2D eigenvalue weighted by molar-refractivity contribution is 6.30. The van der Waals surface area contributed by atoms with Gasteiger partial charge in [0.2, 0.25) is 5.91 Å². The Morgan fingerprint density at radius 3 is 2.55 bits per heavy atom. The van der Waals surface area contributed by atoms with Crippen molar-refractivity contribution in [1.82, 2.24) is 14.3 Å². The normalized spacial score (nSPS) is 15.1. The van der Waals surface area contributed by atoms with Crippen LogP contribution >= 0.6 is 11.6 Å². The first kappa shape index (κ1) is 25.9. The van der Waals surface area contributed by atoms with Crippen LogP contribution in [0.2, 0.25) is 5.02 Å². The SMILES string of the molecule is COc1ccccc1C(CC(=O)N1CCN(c2cccc(C(F)(F)F)c2)CC1)c1cnc2ccc(Cl)cn12. The summed E-state index contributed by atoms with van der Waals surface area (Å²) in [6.07, 6.45) is -0.699. The fourth-order valence-corrected chi connectivity index (χ4v) is 5.12. The first-order chi connectivity index (χ1) is 18.2. The topological polar surface area (TPSA) is 50.1 Å². The highest BCUT2D eigenvalue weighted by Crippen LogP contribution is 2.36. The van der Waals surface area contributed by atoms with Gasteiger partial charge in [-0.05, 0) is 36.4 Å². The summed E-state index contributed by atoms with van der Waals surface area (Å²) in [4.78, 5) is 21.7. The van der Waals surface area contributed by atoms with Crippen LogP contribution in [0.5, 0.6) is 5.75 Å². The number of carbonyl (C=O) groups is 1. The van der Waals surface area contributed by atoms with Gasteiger partial charge >= 0.3 is 6.18 Å². The van der Waals surface area contributed by atoms with Crippen molar-refractivity contribution in [3.8, 4) is 5.75 Å². The van der Waals surface area contributed by atoms with E-state index >= 15 is 0 Å². The van der Waals surface area contributed by atoms with E-state index in [1.807, 2.05) is 39.6 Å². The molecule has 0 radical (unpaired) electrons. The molecule has 1 aliphatic rings. The third kappa shape index (κ3) is 5.29. The van der Waals surface area contributed by atoms with Crippen LogP contribution in [-0.2, 0) is 11.0 Å². The maximum absolute atomic E-state index is 13.6. The Labute approximate surface area is 223 Å². The third-order valence-electron chi connectivity index (χ3n) is 6.92. The largest absolute Gasteiger partial charge is 0.496 e. The quantitative estimate of drug-likeness (QED) is 0.305. The standard InChI is InChI=1S/C28H26ClF3N4O2/c1-38-25-8-3-2-7-22(25)23(24-17-33-26-10-9-20(29)18-36(24)26)16-27(37)35-13-11-34(12-14-35)21-6-4-5-19(15-21)28(30,31)32/h2-10,15,17-18,23H,11-14,16H2,1H3. The Hall–Kier alpha value is -3.72. The first-order valence-electron chi connectivity index (χ1n) is 12.2. The van der Waals surface area contributed by atoms with Crippen LogP contribution in [0.1, 0.15) is 29.2 Å². The summed E-state index contributed by atoms with van der Waals surface area (Å²) in [5, 5.41) is 0.549. The van der Waals surface area contributed by atoms with Crippen molar-refractivity contribution < 1.29 is 22.7 Å². The number of pyridine rings is 1. The van der Waals surface area contributed by atoms with E-state index in [0.717, 1.165) is 23.4 Å². The number of amides is 1. The number of imidazole rings is 1. The van der Waals surface area contributed by atoms with Crippen molar-refractivity contribution in [2.45, 2.75) is 18.5 Å². The van der Waals surface area contributed by atoms with Crippen LogP contribution in [0.3, 0.4) is 0 Å². The molecular formula is C28H26ClF3N4O2. The number of fused-ring (bicyclic) bond motifs is 1. The number of methoxy groups -OCH3 is 1. The monoisotopic (exact) mass is 542 g/mol. The van der Waals surface area contributed by atoms with Gasteiger partial charge in [-0.25, -0.2) is 4.98 Å². The zero-order valence-electron chi connectivity index (χ0n) is 20.7. The van der Waals surface area contributed by atoms with Gasteiger partial charge in [0.1, 0.15) is 11.4 Å². The molecule has 0 saturated carbocycles. The minimum absolute atomic E-state index is 0.0541. The Balaban J connectivity index is 1.37. The van der Waals surface area contributed by atoms with Gasteiger partial charge in [-0.15, -0.1) is 0 Å². The molecule has 38 heavy (non-hydrogen) atoms. The predicted molar refractivity (Wildman–Crippen MR) is 140 cm³/mol. The molecule has 1 unspecified atom stereocenters. The zero-order chi connectivity index (χ0) is 26.9. The van der Waals surface area contributed by atoms with Crippen molar-refractivity contribution in [1.29, 1.82) is 0 Å². The summed E-state index contributed by atoms with van der Waals surface area (Å²) in [6, 6.07) is 16.5. The van der Waals surface area contributed by atoms with Crippen molar-refractivity contribution in [2.75, 3.05) is 38.2 Å². The van der Waals surface area contributed by atoms with E-state index in [4.69, 9.17) is 16.3 Å². The number of rotatable bonds is 6. The number of benzene rings is 2. The molecule has 1 amide bonds. The number of halogens is 4. The lowest BCUT2D eigenvalue weighted by atomic mass is 9.91. The zero-order valence-corrected chi connectivity index (χ0v) is 21.4. The molecular weight excluding hydrogens is 517 g/mol. The average molecular weight is 543 g/mol. The van der Waals surface area contributed by atoms with Gasteiger partial charge in [0.15, 0.2) is 0 Å². The van der Waals surface area contributed by atoms with Gasteiger partial charge in [-0.2, -0.15) is 13.2 Å². The number of nitrogens with zero attached hydrogens (tertiary/aromatic N) is 4. The van der Waals surface area contributed by atoms with E-state index in [9.17, 15) is 18.0 Å². The lowest BCUT2D eigenvalue weighted by Gasteiger charge is -2.37. The third-order valence-corrected chi connectivity index (χ3v) is 7.14. The molecule has 0 spiro atoms. The second-order valence-electron chi connectivity index (χ2n) is 9.17. The first-order valence-corrected chi connectivity index (χ1v) is 12.6. The van der Waals surface area contributed by atoms with Crippen LogP contribution in [0, 0.1) is 0 Å². The molecule has 198 valence electrons. The highest BCUT2D eigenvalue weighted by Gasteiger charge is 2.32. The van der Waals surface area contributed by atoms with Gasteiger partial charge in [0, 0.05) is 62.2 Å². The number of ether oxygens (including phenoxy) is 1. The Morgan fingerprint density at radius 1 is 1.05 bits per heavy atom. The molecule has 2 aromatic heterocycles. The van der Waals surface area contributed by atoms with Crippen molar-refractivity contribution in [3.63, 3.8) is 0 Å². The van der Waals surface area contributed by atoms with E-state index < -0.39 is 11.7 Å². The number of para-hydroxylation sites is 1. The summed E-state index contributed by atoms with van der Waals surface area (Å²) >= 11 is 6.27. The molecule has 0 aliphatic carbocycles. The number of anilines is 1. The van der Waals surface area contributed by atoms with Crippen LogP contribution in [-0.4, -0.2) is 53.5 Å². The molecule has 10 heteroatoms. The lowest BCUT2D eigenvalue weighted by Crippen LogP contribution is -2.49. The maximum Gasteiger partial charge on any atom is 0.416 e. The number of hydrogen-bond acceptors (Lipinski definition) is 4. The summed E-state index contributed by atoms with van der Waals surface area (Å²) in [5.74, 6) is 0.256. The second kappa shape index (κ2) is 10.6. The molecule has 1 atom stereocenters. The minimum Gasteiger partial charge on any atom is -0.496 e. The smallest absolute Gasteiger partial charge is 0.416 e. The van der Waals surface area contributed by atoms with Crippen LogP contribution in [0.15, 0.2) is 73.1 Å². The van der Waals surface area contributed by atoms with Gasteiger partial charge in [0.05, 0.1) is 23.4 Å². The van der Waals surface area contributed by atoms with Crippen LogP contribution < -0.4 is 9.64 Å². The molecule has 1 aliphatic heterocycles. The Bertz CT molecular complexity index is 1450. The van der Waals surface area contributed by atoms with E-state index in [0.29, 0.717) is 48.3 Å². The summed E-state index contributed by atoms with van der Waals surface area (Å²) < 4.78 is 47.0. The number of piperazine rings is 1. The fourth-order valence-electron chi connectivity index (χ4n) is 4.96. The molecule has 0 bridgehead atoms. The van der Waals surface area contributed by atoms with E-state index in [-0.39, 0.29) is 18.2 Å². The second-order valence-corrected chi connectivity index (χ2v) is 9.61. The number of alkyl halides is 3. The average Bonchev–Trinajstić information content (AvgIpc) is 3.34. The predicted octanol–water partition coefficient (Wildman–Crippen LogP) is 5.89. The molecule has 0 N–H and O–H groups in total. The van der Waals surface area contributed by atoms with E-state index in [1.54, 1.807) is 36.5 Å². The van der Waals surface area contributed by atoms with Crippen molar-refractivity contribution >= 4 is 28.8 Å². The van der Waals surface area contributed by atoms with Gasteiger partial charge in [-0.3, -0.25) is 4.79 Å². The Kier molecular flexibility index (Phi) is 7.21. The fraction of sp³-hybridized carbons (Fsp3) is 0.286. The molecule has 2 aromatic carbocycles. The molecule has 4 aromatic rings. The lowest BCUT2D eigenvalue weighted by molar-refractivity contribution is -0.137. The van der Waals surface area contributed by atoms with Crippen molar-refractivity contribution in [3.05, 3.63) is 94.9 Å². The van der Waals surface area contributed by atoms with Gasteiger partial charge in [-0.1, -0.05) is 35.9 Å². The van der Waals surface area contributed by atoms with Crippen LogP contribution in [0.4, 0.5) is 18.9 Å². The van der Waals surface area contributed by atoms with Crippen LogP contribution in [0.25, 0.3) is 5.65 Å². The summed E-state index contributed by atoms with van der Waals surface area (Å²) in [5.41, 5.74) is 2.20. The highest BCUT2D eigenvalue weighted by atomic mass is 35.5. The summed E-state index contributed by atoms with van der Waals surface area (Å²) in [6.45, 7) is 1.70. The number of carbonyl (C=O) groups excluding carboxylic acids is 1. The molecule has 5 rings (SSSR count). The number of aromatic nitrogens is 2. The number of hydrogen-bond donors (Lipinski definition) is 0. The maximum atomic E-state index is 13.6. The summed E-state index contributed by atoms with van der Waals surface area (Å²) in [7, 11) is 1.59. The van der Waals surface area contributed by atoms with E-state index in [1.165, 1.54) is 6.07 Å². The Morgan fingerprint density at radius 2 is 1.82 bits per heavy atom. The van der Waals surface area contributed by atoms with Gasteiger partial charge in [0.25, 0.3) is 0 Å². The minimum atomic E-state index is -4.40. The molecule has 6 nitrogen and oxygen atoms in total. The molecule has 3 heterocycles. The molecule has 1 saturated heterocycles. The van der Waals surface area contributed by atoms with Gasteiger partial charge < -0.3 is 18.9 Å². The van der Waals surface area contributed by atoms with E-state index in [2.05, 4.69) is 4.98 Å². The van der Waals surface area contributed by atoms with Crippen molar-refractivity contribution in [2.24, 2.45) is 0 Å².